The van der Waals surface area contributed by atoms with Crippen LogP contribution >= 0.6 is 0 Å². The largest absolute Gasteiger partial charge is 0.368 e. The van der Waals surface area contributed by atoms with Gasteiger partial charge >= 0.3 is 0 Å². The van der Waals surface area contributed by atoms with Crippen LogP contribution in [0.25, 0.3) is 5.82 Å². The monoisotopic (exact) mass is 354 g/mol. The summed E-state index contributed by atoms with van der Waals surface area (Å²) >= 11 is 0. The number of halogens is 1. The quantitative estimate of drug-likeness (QED) is 0.663. The second kappa shape index (κ2) is 7.73. The maximum atomic E-state index is 13.1. The molecule has 8 heteroatoms. The number of anilines is 1. The Morgan fingerprint density at radius 3 is 2.77 bits per heavy atom. The van der Waals surface area contributed by atoms with E-state index in [1.165, 1.54) is 18.2 Å². The van der Waals surface area contributed by atoms with Crippen LogP contribution in [0, 0.1) is 19.7 Å². The predicted octanol–water partition coefficient (Wildman–Crippen LogP) is 2.26. The van der Waals surface area contributed by atoms with Crippen LogP contribution in [0.5, 0.6) is 0 Å². The van der Waals surface area contributed by atoms with Crippen molar-refractivity contribution < 1.29 is 9.18 Å². The molecule has 0 aliphatic rings. The summed E-state index contributed by atoms with van der Waals surface area (Å²) in [5.41, 5.74) is 0.292. The molecule has 1 amide bonds. The molecule has 0 atom stereocenters. The number of hydrogen-bond acceptors (Lipinski definition) is 5. The predicted molar refractivity (Wildman–Crippen MR) is 95.9 cm³/mol. The van der Waals surface area contributed by atoms with Crippen LogP contribution in [-0.4, -0.2) is 38.5 Å². The van der Waals surface area contributed by atoms with Crippen LogP contribution in [0.2, 0.25) is 0 Å². The van der Waals surface area contributed by atoms with Gasteiger partial charge in [-0.1, -0.05) is 6.07 Å². The second-order valence-corrected chi connectivity index (χ2v) is 5.70. The van der Waals surface area contributed by atoms with E-state index in [0.29, 0.717) is 30.3 Å². The van der Waals surface area contributed by atoms with Crippen molar-refractivity contribution in [1.82, 2.24) is 24.8 Å². The molecule has 1 aromatic carbocycles. The van der Waals surface area contributed by atoms with Crippen molar-refractivity contribution in [2.24, 2.45) is 0 Å². The Kier molecular flexibility index (Phi) is 5.21. The van der Waals surface area contributed by atoms with Crippen LogP contribution in [0.15, 0.2) is 42.7 Å². The van der Waals surface area contributed by atoms with Gasteiger partial charge in [0.2, 0.25) is 0 Å². The molecule has 0 unspecified atom stereocenters. The van der Waals surface area contributed by atoms with Gasteiger partial charge in [0.15, 0.2) is 0 Å². The van der Waals surface area contributed by atoms with E-state index in [0.717, 1.165) is 11.6 Å². The van der Waals surface area contributed by atoms with E-state index < -0.39 is 5.82 Å². The van der Waals surface area contributed by atoms with Crippen molar-refractivity contribution >= 4 is 11.7 Å². The Balaban J connectivity index is 1.58. The van der Waals surface area contributed by atoms with Crippen LogP contribution in [0.4, 0.5) is 10.2 Å². The normalized spacial score (nSPS) is 10.6. The van der Waals surface area contributed by atoms with Crippen molar-refractivity contribution in [3.05, 3.63) is 65.8 Å². The third-order valence-electron chi connectivity index (χ3n) is 3.70. The topological polar surface area (TPSA) is 84.7 Å². The lowest BCUT2D eigenvalue weighted by Gasteiger charge is -2.10. The number of aryl methyl sites for hydroxylation is 2. The number of amides is 1. The average Bonchev–Trinajstić information content (AvgIpc) is 3.04. The minimum atomic E-state index is -0.436. The number of carbonyl (C=O) groups is 1. The highest BCUT2D eigenvalue weighted by Crippen LogP contribution is 2.12. The van der Waals surface area contributed by atoms with Gasteiger partial charge in [0.25, 0.3) is 5.91 Å². The van der Waals surface area contributed by atoms with Gasteiger partial charge in [-0.25, -0.2) is 19.3 Å². The SMILES string of the molecule is Cc1nc(NCCNC(=O)c2cccc(F)c2)cc(-n2ccnc2C)n1. The van der Waals surface area contributed by atoms with Crippen molar-refractivity contribution in [3.8, 4) is 5.82 Å². The Hall–Kier alpha value is -3.29. The minimum Gasteiger partial charge on any atom is -0.368 e. The minimum absolute atomic E-state index is 0.292. The van der Waals surface area contributed by atoms with E-state index in [-0.39, 0.29) is 5.91 Å². The first-order valence-electron chi connectivity index (χ1n) is 8.16. The van der Waals surface area contributed by atoms with Gasteiger partial charge in [-0.05, 0) is 32.0 Å². The number of nitrogens with one attached hydrogen (secondary N) is 2. The highest BCUT2D eigenvalue weighted by atomic mass is 19.1. The van der Waals surface area contributed by atoms with Crippen LogP contribution < -0.4 is 10.6 Å². The molecule has 134 valence electrons. The fourth-order valence-corrected chi connectivity index (χ4v) is 2.48. The second-order valence-electron chi connectivity index (χ2n) is 5.70. The number of hydrogen-bond donors (Lipinski definition) is 2. The summed E-state index contributed by atoms with van der Waals surface area (Å²) in [5.74, 6) is 2.08. The Bertz CT molecular complexity index is 924. The molecular formula is C18H19FN6O. The molecule has 0 aliphatic carbocycles. The standard InChI is InChI=1S/C18H19FN6O/c1-12-23-16(11-17(24-12)25-9-8-20-13(25)2)21-6-7-22-18(26)14-4-3-5-15(19)10-14/h3-5,8-11H,6-7H2,1-2H3,(H,22,26)(H,21,23,24). The smallest absolute Gasteiger partial charge is 0.251 e. The molecule has 26 heavy (non-hydrogen) atoms. The molecule has 0 saturated carbocycles. The van der Waals surface area contributed by atoms with Gasteiger partial charge in [-0.3, -0.25) is 9.36 Å². The maximum Gasteiger partial charge on any atom is 0.251 e. The van der Waals surface area contributed by atoms with Crippen LogP contribution in [-0.2, 0) is 0 Å². The highest BCUT2D eigenvalue weighted by Gasteiger charge is 2.07. The Labute approximate surface area is 150 Å². The van der Waals surface area contributed by atoms with E-state index >= 15 is 0 Å². The lowest BCUT2D eigenvalue weighted by Crippen LogP contribution is -2.29. The molecule has 2 heterocycles. The van der Waals surface area contributed by atoms with Gasteiger partial charge in [0.1, 0.15) is 29.1 Å². The van der Waals surface area contributed by atoms with Gasteiger partial charge in [0.05, 0.1) is 0 Å². The number of benzene rings is 1. The van der Waals surface area contributed by atoms with Crippen molar-refractivity contribution in [2.45, 2.75) is 13.8 Å². The molecule has 7 nitrogen and oxygen atoms in total. The highest BCUT2D eigenvalue weighted by molar-refractivity contribution is 5.94. The summed E-state index contributed by atoms with van der Waals surface area (Å²) in [6.07, 6.45) is 3.54. The van der Waals surface area contributed by atoms with E-state index in [1.807, 2.05) is 30.7 Å². The van der Waals surface area contributed by atoms with Gasteiger partial charge in [-0.15, -0.1) is 0 Å². The zero-order valence-corrected chi connectivity index (χ0v) is 14.5. The first kappa shape index (κ1) is 17.5. The van der Waals surface area contributed by atoms with E-state index in [9.17, 15) is 9.18 Å². The van der Waals surface area contributed by atoms with Gasteiger partial charge < -0.3 is 10.6 Å². The van der Waals surface area contributed by atoms with Crippen molar-refractivity contribution in [2.75, 3.05) is 18.4 Å². The molecule has 2 N–H and O–H groups in total. The maximum absolute atomic E-state index is 13.1. The fraction of sp³-hybridized carbons (Fsp3) is 0.222. The van der Waals surface area contributed by atoms with Crippen LogP contribution in [0.3, 0.4) is 0 Å². The summed E-state index contributed by atoms with van der Waals surface area (Å²) in [6.45, 7) is 4.55. The lowest BCUT2D eigenvalue weighted by atomic mass is 10.2. The number of aromatic nitrogens is 4. The number of nitrogens with zero attached hydrogens (tertiary/aromatic N) is 4. The van der Waals surface area contributed by atoms with E-state index in [1.54, 1.807) is 12.3 Å². The molecule has 2 aromatic heterocycles. The summed E-state index contributed by atoms with van der Waals surface area (Å²) in [5, 5.41) is 5.89. The number of rotatable bonds is 6. The van der Waals surface area contributed by atoms with Crippen molar-refractivity contribution in [3.63, 3.8) is 0 Å². The molecule has 0 fully saturated rings. The van der Waals surface area contributed by atoms with Gasteiger partial charge in [-0.2, -0.15) is 0 Å². The zero-order chi connectivity index (χ0) is 18.5. The third kappa shape index (κ3) is 4.21. The Morgan fingerprint density at radius 2 is 2.04 bits per heavy atom. The molecule has 0 saturated heterocycles. The van der Waals surface area contributed by atoms with Crippen LogP contribution in [0.1, 0.15) is 22.0 Å². The summed E-state index contributed by atoms with van der Waals surface area (Å²) in [7, 11) is 0. The fourth-order valence-electron chi connectivity index (χ4n) is 2.48. The molecule has 0 bridgehead atoms. The lowest BCUT2D eigenvalue weighted by molar-refractivity contribution is 0.0954. The zero-order valence-electron chi connectivity index (χ0n) is 14.5. The van der Waals surface area contributed by atoms with E-state index in [4.69, 9.17) is 0 Å². The first-order chi connectivity index (χ1) is 12.5. The summed E-state index contributed by atoms with van der Waals surface area (Å²) < 4.78 is 15.0. The third-order valence-corrected chi connectivity index (χ3v) is 3.70. The molecule has 0 aliphatic heterocycles. The molecule has 3 rings (SSSR count). The molecule has 0 spiro atoms. The molecule has 0 radical (unpaired) electrons. The van der Waals surface area contributed by atoms with Crippen molar-refractivity contribution in [1.29, 1.82) is 0 Å². The first-order valence-corrected chi connectivity index (χ1v) is 8.16. The van der Waals surface area contributed by atoms with Gasteiger partial charge in [0, 0.05) is 37.1 Å². The number of imidazole rings is 1. The molecular weight excluding hydrogens is 335 g/mol. The summed E-state index contributed by atoms with van der Waals surface area (Å²) in [4.78, 5) is 24.9. The Morgan fingerprint density at radius 1 is 1.19 bits per heavy atom. The average molecular weight is 354 g/mol. The molecule has 3 aromatic rings. The van der Waals surface area contributed by atoms with E-state index in [2.05, 4.69) is 25.6 Å². The number of carbonyl (C=O) groups excluding carboxylic acids is 1. The summed E-state index contributed by atoms with van der Waals surface area (Å²) in [6, 6.07) is 7.40.